The van der Waals surface area contributed by atoms with E-state index < -0.39 is 0 Å². The number of rotatable bonds is 5. The van der Waals surface area contributed by atoms with E-state index in [-0.39, 0.29) is 5.91 Å². The van der Waals surface area contributed by atoms with Gasteiger partial charge in [-0.25, -0.2) is 9.97 Å². The highest BCUT2D eigenvalue weighted by molar-refractivity contribution is 7.99. The average molecular weight is 316 g/mol. The maximum atomic E-state index is 12.1. The van der Waals surface area contributed by atoms with E-state index in [4.69, 9.17) is 0 Å². The van der Waals surface area contributed by atoms with Gasteiger partial charge in [-0.2, -0.15) is 0 Å². The van der Waals surface area contributed by atoms with Crippen LogP contribution in [-0.4, -0.2) is 46.2 Å². The lowest BCUT2D eigenvalue weighted by atomic mass is 10.2. The highest BCUT2D eigenvalue weighted by atomic mass is 32.2. The highest BCUT2D eigenvalue weighted by Crippen LogP contribution is 2.24. The van der Waals surface area contributed by atoms with Gasteiger partial charge in [0.15, 0.2) is 5.16 Å². The zero-order chi connectivity index (χ0) is 15.4. The summed E-state index contributed by atoms with van der Waals surface area (Å²) in [7, 11) is 0. The number of hydrogen-bond donors (Lipinski definition) is 1. The molecule has 3 rings (SSSR count). The third-order valence-electron chi connectivity index (χ3n) is 3.71. The second-order valence-electron chi connectivity index (χ2n) is 5.28. The van der Waals surface area contributed by atoms with Gasteiger partial charge in [-0.1, -0.05) is 23.9 Å². The molecule has 0 radical (unpaired) electrons. The fourth-order valence-electron chi connectivity index (χ4n) is 2.61. The molecule has 1 fully saturated rings. The van der Waals surface area contributed by atoms with Crippen molar-refractivity contribution in [2.75, 3.05) is 30.7 Å². The first kappa shape index (κ1) is 15.1. The van der Waals surface area contributed by atoms with Crippen LogP contribution in [0, 0.1) is 0 Å². The smallest absolute Gasteiger partial charge is 0.233 e. The lowest BCUT2D eigenvalue weighted by Crippen LogP contribution is -2.29. The first-order chi connectivity index (χ1) is 10.8. The van der Waals surface area contributed by atoms with Gasteiger partial charge in [0, 0.05) is 25.0 Å². The summed E-state index contributed by atoms with van der Waals surface area (Å²) in [6.07, 6.45) is 2.24. The molecule has 116 valence electrons. The van der Waals surface area contributed by atoms with Crippen LogP contribution in [-0.2, 0) is 4.79 Å². The number of aromatic nitrogens is 2. The number of hydrogen-bond acceptors (Lipinski definition) is 5. The number of anilines is 1. The molecule has 1 aromatic carbocycles. The second-order valence-corrected chi connectivity index (χ2v) is 6.22. The fraction of sp³-hybridized carbons (Fsp3) is 0.438. The number of likely N-dealkylation sites (tertiary alicyclic amines) is 1. The van der Waals surface area contributed by atoms with Crippen molar-refractivity contribution in [3.63, 3.8) is 0 Å². The van der Waals surface area contributed by atoms with Crippen molar-refractivity contribution in [3.05, 3.63) is 24.3 Å². The summed E-state index contributed by atoms with van der Waals surface area (Å²) in [5.74, 6) is 1.43. The normalized spacial score (nSPS) is 14.5. The van der Waals surface area contributed by atoms with Crippen LogP contribution in [0.25, 0.3) is 10.9 Å². The minimum atomic E-state index is 0.184. The van der Waals surface area contributed by atoms with Gasteiger partial charge in [-0.15, -0.1) is 0 Å². The number of fused-ring (bicyclic) bond motifs is 1. The Kier molecular flexibility index (Phi) is 4.77. The van der Waals surface area contributed by atoms with Crippen LogP contribution in [0.1, 0.15) is 19.8 Å². The number of amides is 1. The van der Waals surface area contributed by atoms with E-state index in [2.05, 4.69) is 15.3 Å². The SMILES string of the molecule is CCNc1nc(SCC(=O)N2CCCC2)nc2ccccc12. The Labute approximate surface area is 134 Å². The van der Waals surface area contributed by atoms with Gasteiger partial charge in [0.2, 0.25) is 5.91 Å². The molecule has 0 spiro atoms. The lowest BCUT2D eigenvalue weighted by Gasteiger charge is -2.14. The van der Waals surface area contributed by atoms with Crippen molar-refractivity contribution < 1.29 is 4.79 Å². The molecule has 2 heterocycles. The molecule has 2 aromatic rings. The van der Waals surface area contributed by atoms with Crippen molar-refractivity contribution in [1.82, 2.24) is 14.9 Å². The standard InChI is InChI=1S/C16H20N4OS/c1-2-17-15-12-7-3-4-8-13(12)18-16(19-15)22-11-14(21)20-9-5-6-10-20/h3-4,7-8H,2,5-6,9-11H2,1H3,(H,17,18,19). The van der Waals surface area contributed by atoms with E-state index in [1.807, 2.05) is 36.1 Å². The predicted octanol–water partition coefficient (Wildman–Crippen LogP) is 2.78. The van der Waals surface area contributed by atoms with Crippen LogP contribution < -0.4 is 5.32 Å². The largest absolute Gasteiger partial charge is 0.370 e. The Morgan fingerprint density at radius 1 is 1.27 bits per heavy atom. The molecule has 0 atom stereocenters. The van der Waals surface area contributed by atoms with Crippen LogP contribution in [0.4, 0.5) is 5.82 Å². The first-order valence-corrected chi connectivity index (χ1v) is 8.67. The third-order valence-corrected chi connectivity index (χ3v) is 4.54. The first-order valence-electron chi connectivity index (χ1n) is 7.69. The zero-order valence-corrected chi connectivity index (χ0v) is 13.5. The van der Waals surface area contributed by atoms with E-state index >= 15 is 0 Å². The van der Waals surface area contributed by atoms with E-state index in [0.29, 0.717) is 10.9 Å². The molecular weight excluding hydrogens is 296 g/mol. The maximum Gasteiger partial charge on any atom is 0.233 e. The molecule has 0 aliphatic carbocycles. The summed E-state index contributed by atoms with van der Waals surface area (Å²) in [6.45, 7) is 4.62. The van der Waals surface area contributed by atoms with Crippen LogP contribution in [0.15, 0.2) is 29.4 Å². The van der Waals surface area contributed by atoms with E-state index in [1.54, 1.807) is 0 Å². The summed E-state index contributed by atoms with van der Waals surface area (Å²) in [5.41, 5.74) is 0.907. The van der Waals surface area contributed by atoms with Crippen LogP contribution in [0.3, 0.4) is 0 Å². The summed E-state index contributed by atoms with van der Waals surface area (Å²) in [5, 5.41) is 4.94. The average Bonchev–Trinajstić information content (AvgIpc) is 3.07. The predicted molar refractivity (Wildman–Crippen MR) is 90.2 cm³/mol. The Bertz CT molecular complexity index is 670. The van der Waals surface area contributed by atoms with Gasteiger partial charge in [-0.3, -0.25) is 4.79 Å². The van der Waals surface area contributed by atoms with Crippen molar-refractivity contribution >= 4 is 34.4 Å². The zero-order valence-electron chi connectivity index (χ0n) is 12.7. The molecule has 0 bridgehead atoms. The van der Waals surface area contributed by atoms with Crippen LogP contribution in [0.5, 0.6) is 0 Å². The lowest BCUT2D eigenvalue weighted by molar-refractivity contribution is -0.127. The van der Waals surface area contributed by atoms with Gasteiger partial charge in [0.25, 0.3) is 0 Å². The molecular formula is C16H20N4OS. The Morgan fingerprint density at radius 2 is 2.05 bits per heavy atom. The Morgan fingerprint density at radius 3 is 2.82 bits per heavy atom. The molecule has 22 heavy (non-hydrogen) atoms. The maximum absolute atomic E-state index is 12.1. The number of carbonyl (C=O) groups excluding carboxylic acids is 1. The number of para-hydroxylation sites is 1. The Balaban J connectivity index is 1.76. The van der Waals surface area contributed by atoms with E-state index in [1.165, 1.54) is 11.8 Å². The van der Waals surface area contributed by atoms with Crippen molar-refractivity contribution in [2.45, 2.75) is 24.9 Å². The molecule has 1 saturated heterocycles. The van der Waals surface area contributed by atoms with Crippen molar-refractivity contribution in [3.8, 4) is 0 Å². The molecule has 1 aliphatic rings. The summed E-state index contributed by atoms with van der Waals surface area (Å²) in [4.78, 5) is 23.2. The molecule has 0 saturated carbocycles. The fourth-order valence-corrected chi connectivity index (χ4v) is 3.36. The molecule has 1 aromatic heterocycles. The minimum Gasteiger partial charge on any atom is -0.370 e. The van der Waals surface area contributed by atoms with E-state index in [0.717, 1.165) is 49.2 Å². The van der Waals surface area contributed by atoms with E-state index in [9.17, 15) is 4.79 Å². The number of nitrogens with one attached hydrogen (secondary N) is 1. The highest BCUT2D eigenvalue weighted by Gasteiger charge is 2.18. The van der Waals surface area contributed by atoms with Gasteiger partial charge in [0.05, 0.1) is 11.3 Å². The Hall–Kier alpha value is -1.82. The second kappa shape index (κ2) is 6.96. The molecule has 0 unspecified atom stereocenters. The third kappa shape index (κ3) is 3.32. The van der Waals surface area contributed by atoms with Gasteiger partial charge in [-0.05, 0) is 31.9 Å². The monoisotopic (exact) mass is 316 g/mol. The quantitative estimate of drug-likeness (QED) is 0.679. The topological polar surface area (TPSA) is 58.1 Å². The van der Waals surface area contributed by atoms with Crippen molar-refractivity contribution in [1.29, 1.82) is 0 Å². The molecule has 1 N–H and O–H groups in total. The molecule has 1 amide bonds. The van der Waals surface area contributed by atoms with Gasteiger partial charge < -0.3 is 10.2 Å². The number of benzene rings is 1. The number of nitrogens with zero attached hydrogens (tertiary/aromatic N) is 3. The van der Waals surface area contributed by atoms with Gasteiger partial charge in [0.1, 0.15) is 5.82 Å². The van der Waals surface area contributed by atoms with Crippen LogP contribution in [0.2, 0.25) is 0 Å². The molecule has 5 nitrogen and oxygen atoms in total. The number of thioether (sulfide) groups is 1. The molecule has 1 aliphatic heterocycles. The summed E-state index contributed by atoms with van der Waals surface area (Å²) >= 11 is 1.42. The van der Waals surface area contributed by atoms with Gasteiger partial charge >= 0.3 is 0 Å². The van der Waals surface area contributed by atoms with Crippen LogP contribution >= 0.6 is 11.8 Å². The minimum absolute atomic E-state index is 0.184. The summed E-state index contributed by atoms with van der Waals surface area (Å²) < 4.78 is 0. The summed E-state index contributed by atoms with van der Waals surface area (Å²) in [6, 6.07) is 7.94. The van der Waals surface area contributed by atoms with Crippen molar-refractivity contribution in [2.24, 2.45) is 0 Å². The number of carbonyl (C=O) groups is 1. The molecule has 6 heteroatoms.